The van der Waals surface area contributed by atoms with E-state index in [1.165, 1.54) is 47.1 Å². The summed E-state index contributed by atoms with van der Waals surface area (Å²) < 4.78 is 5.46. The van der Waals surface area contributed by atoms with Crippen LogP contribution in [0.15, 0.2) is 104 Å². The molecule has 0 fully saturated rings. The van der Waals surface area contributed by atoms with Crippen LogP contribution in [-0.4, -0.2) is 23.2 Å². The number of fused-ring (bicyclic) bond motifs is 3. The zero-order valence-corrected chi connectivity index (χ0v) is 20.7. The third-order valence-electron chi connectivity index (χ3n) is 6.71. The van der Waals surface area contributed by atoms with E-state index in [9.17, 15) is 0 Å². The van der Waals surface area contributed by atoms with Crippen LogP contribution in [0, 0.1) is 0 Å². The van der Waals surface area contributed by atoms with Gasteiger partial charge in [-0.15, -0.1) is 6.58 Å². The molecule has 0 saturated carbocycles. The molecule has 3 aromatic carbocycles. The number of aryl methyl sites for hydroxylation is 1. The fraction of sp³-hybridized carbons (Fsp3) is 0.212. The first-order valence-corrected chi connectivity index (χ1v) is 12.8. The van der Waals surface area contributed by atoms with E-state index < -0.39 is 0 Å². The van der Waals surface area contributed by atoms with Crippen molar-refractivity contribution in [2.24, 2.45) is 0 Å². The number of benzene rings is 3. The number of hydrogen-bond acceptors (Lipinski definition) is 3. The monoisotopic (exact) mass is 472 g/mol. The molecule has 0 spiro atoms. The van der Waals surface area contributed by atoms with Crippen molar-refractivity contribution in [1.82, 2.24) is 9.97 Å². The average molecular weight is 473 g/mol. The van der Waals surface area contributed by atoms with E-state index in [0.29, 0.717) is 6.61 Å². The highest BCUT2D eigenvalue weighted by Crippen LogP contribution is 2.35. The number of hydrogen-bond donors (Lipinski definition) is 0. The van der Waals surface area contributed by atoms with Crippen molar-refractivity contribution in [2.75, 3.05) is 13.2 Å². The van der Waals surface area contributed by atoms with Crippen LogP contribution in [0.5, 0.6) is 0 Å². The van der Waals surface area contributed by atoms with Gasteiger partial charge in [-0.2, -0.15) is 0 Å². The SMILES string of the molecule is C=CCOCCCCCCc1ccc(-c2ccnc3c2ccc2c(-c4ccccc4)ccnc23)cc1. The maximum atomic E-state index is 5.46. The Bertz CT molecular complexity index is 1440. The number of pyridine rings is 2. The Morgan fingerprint density at radius 2 is 1.25 bits per heavy atom. The van der Waals surface area contributed by atoms with Gasteiger partial charge in [0.15, 0.2) is 0 Å². The maximum absolute atomic E-state index is 5.46. The van der Waals surface area contributed by atoms with Crippen molar-refractivity contribution < 1.29 is 4.74 Å². The molecule has 2 heterocycles. The number of ether oxygens (including phenoxy) is 1. The van der Waals surface area contributed by atoms with Crippen LogP contribution in [0.1, 0.15) is 31.2 Å². The molecule has 5 aromatic rings. The fourth-order valence-corrected chi connectivity index (χ4v) is 4.85. The zero-order chi connectivity index (χ0) is 24.6. The Kier molecular flexibility index (Phi) is 7.80. The minimum Gasteiger partial charge on any atom is -0.377 e. The number of aromatic nitrogens is 2. The molecule has 0 bridgehead atoms. The van der Waals surface area contributed by atoms with Crippen LogP contribution >= 0.6 is 0 Å². The summed E-state index contributed by atoms with van der Waals surface area (Å²) in [6, 6.07) is 28.1. The molecule has 0 radical (unpaired) electrons. The van der Waals surface area contributed by atoms with Gasteiger partial charge in [-0.3, -0.25) is 9.97 Å². The largest absolute Gasteiger partial charge is 0.377 e. The number of unbranched alkanes of at least 4 members (excludes halogenated alkanes) is 3. The molecule has 5 rings (SSSR count). The third kappa shape index (κ3) is 5.37. The summed E-state index contributed by atoms with van der Waals surface area (Å²) in [4.78, 5) is 9.49. The van der Waals surface area contributed by atoms with Crippen LogP contribution in [0.3, 0.4) is 0 Å². The van der Waals surface area contributed by atoms with Crippen LogP contribution in [0.25, 0.3) is 44.1 Å². The van der Waals surface area contributed by atoms with E-state index >= 15 is 0 Å². The molecule has 0 N–H and O–H groups in total. The topological polar surface area (TPSA) is 35.0 Å². The second-order valence-electron chi connectivity index (χ2n) is 9.17. The third-order valence-corrected chi connectivity index (χ3v) is 6.71. The Labute approximate surface area is 213 Å². The second kappa shape index (κ2) is 11.7. The van der Waals surface area contributed by atoms with Crippen LogP contribution in [0.2, 0.25) is 0 Å². The van der Waals surface area contributed by atoms with E-state index in [2.05, 4.69) is 79.4 Å². The summed E-state index contributed by atoms with van der Waals surface area (Å²) in [6.07, 6.45) is 11.5. The van der Waals surface area contributed by atoms with Gasteiger partial charge in [-0.25, -0.2) is 0 Å². The molecule has 36 heavy (non-hydrogen) atoms. The van der Waals surface area contributed by atoms with E-state index in [1.807, 2.05) is 18.5 Å². The normalized spacial score (nSPS) is 11.2. The minimum atomic E-state index is 0.653. The highest BCUT2D eigenvalue weighted by atomic mass is 16.5. The van der Waals surface area contributed by atoms with Gasteiger partial charge in [-0.05, 0) is 59.2 Å². The lowest BCUT2D eigenvalue weighted by molar-refractivity contribution is 0.157. The predicted molar refractivity (Wildman–Crippen MR) is 151 cm³/mol. The maximum Gasteiger partial charge on any atom is 0.0970 e. The molecule has 0 aliphatic carbocycles. The molecule has 0 amide bonds. The first-order valence-electron chi connectivity index (χ1n) is 12.8. The Hall–Kier alpha value is -3.82. The van der Waals surface area contributed by atoms with Crippen LogP contribution < -0.4 is 0 Å². The van der Waals surface area contributed by atoms with Gasteiger partial charge >= 0.3 is 0 Å². The number of rotatable bonds is 11. The van der Waals surface area contributed by atoms with Gasteiger partial charge in [0.2, 0.25) is 0 Å². The summed E-state index contributed by atoms with van der Waals surface area (Å²) in [5.41, 5.74) is 8.06. The molecular weight excluding hydrogens is 440 g/mol. The molecule has 0 aliphatic heterocycles. The lowest BCUT2D eigenvalue weighted by atomic mass is 9.96. The summed E-state index contributed by atoms with van der Waals surface area (Å²) in [7, 11) is 0. The summed E-state index contributed by atoms with van der Waals surface area (Å²) in [6.45, 7) is 5.16. The lowest BCUT2D eigenvalue weighted by Gasteiger charge is -2.11. The minimum absolute atomic E-state index is 0.653. The van der Waals surface area contributed by atoms with Gasteiger partial charge < -0.3 is 4.74 Å². The van der Waals surface area contributed by atoms with E-state index in [4.69, 9.17) is 14.7 Å². The van der Waals surface area contributed by atoms with Crippen LogP contribution in [0.4, 0.5) is 0 Å². The van der Waals surface area contributed by atoms with Crippen molar-refractivity contribution >= 4 is 21.8 Å². The fourth-order valence-electron chi connectivity index (χ4n) is 4.85. The average Bonchev–Trinajstić information content (AvgIpc) is 2.94. The summed E-state index contributed by atoms with van der Waals surface area (Å²) >= 11 is 0. The molecule has 3 heteroatoms. The van der Waals surface area contributed by atoms with Crippen molar-refractivity contribution in [3.8, 4) is 22.3 Å². The molecular formula is C33H32N2O. The van der Waals surface area contributed by atoms with Gasteiger partial charge in [0, 0.05) is 29.8 Å². The Balaban J connectivity index is 1.33. The van der Waals surface area contributed by atoms with Gasteiger partial charge in [0.25, 0.3) is 0 Å². The Morgan fingerprint density at radius 3 is 1.89 bits per heavy atom. The molecule has 2 aromatic heterocycles. The van der Waals surface area contributed by atoms with Crippen molar-refractivity contribution in [1.29, 1.82) is 0 Å². The predicted octanol–water partition coefficient (Wildman–Crippen LogP) is 8.42. The standard InChI is InChI=1S/C33H32N2O/c1-2-23-36-24-9-4-3-6-10-25-13-15-27(16-14-25)29-20-22-35-33-31(29)18-17-30-28(19-21-34-32(30)33)26-11-7-5-8-12-26/h2,5,7-8,11-22H,1,3-4,6,9-10,23-24H2. The van der Waals surface area contributed by atoms with E-state index in [1.54, 1.807) is 6.08 Å². The molecule has 3 nitrogen and oxygen atoms in total. The van der Waals surface area contributed by atoms with Crippen molar-refractivity contribution in [2.45, 2.75) is 32.1 Å². The van der Waals surface area contributed by atoms with Crippen molar-refractivity contribution in [3.05, 3.63) is 109 Å². The zero-order valence-electron chi connectivity index (χ0n) is 20.7. The second-order valence-corrected chi connectivity index (χ2v) is 9.17. The van der Waals surface area contributed by atoms with Crippen molar-refractivity contribution in [3.63, 3.8) is 0 Å². The molecule has 0 saturated heterocycles. The highest BCUT2D eigenvalue weighted by Gasteiger charge is 2.12. The van der Waals surface area contributed by atoms with E-state index in [-0.39, 0.29) is 0 Å². The molecule has 180 valence electrons. The molecule has 0 unspecified atom stereocenters. The first kappa shape index (κ1) is 23.9. The van der Waals surface area contributed by atoms with E-state index in [0.717, 1.165) is 41.3 Å². The smallest absolute Gasteiger partial charge is 0.0970 e. The van der Waals surface area contributed by atoms with Gasteiger partial charge in [0.1, 0.15) is 0 Å². The number of nitrogens with zero attached hydrogens (tertiary/aromatic N) is 2. The Morgan fingerprint density at radius 1 is 0.639 bits per heavy atom. The molecule has 0 atom stereocenters. The summed E-state index contributed by atoms with van der Waals surface area (Å²) in [5.74, 6) is 0. The van der Waals surface area contributed by atoms with Crippen LogP contribution in [-0.2, 0) is 11.2 Å². The highest BCUT2D eigenvalue weighted by molar-refractivity contribution is 6.11. The van der Waals surface area contributed by atoms with Gasteiger partial charge in [-0.1, -0.05) is 85.6 Å². The summed E-state index contributed by atoms with van der Waals surface area (Å²) in [5, 5.41) is 2.26. The quantitative estimate of drug-likeness (QED) is 0.110. The first-order chi connectivity index (χ1) is 17.8. The lowest BCUT2D eigenvalue weighted by Crippen LogP contribution is -1.94. The molecule has 0 aliphatic rings. The van der Waals surface area contributed by atoms with Gasteiger partial charge in [0.05, 0.1) is 17.6 Å².